The third kappa shape index (κ3) is 12.6. The molecule has 0 amide bonds. The van der Waals surface area contributed by atoms with Crippen LogP contribution in [0.3, 0.4) is 0 Å². The van der Waals surface area contributed by atoms with Crippen LogP contribution in [0.1, 0.15) is 0 Å². The van der Waals surface area contributed by atoms with Crippen molar-refractivity contribution in [3.05, 3.63) is 61.8 Å². The largest absolute Gasteiger partial charge is 2.00 e. The molecule has 0 heterocycles. The average Bonchev–Trinajstić information content (AvgIpc) is 2.71. The Hall–Kier alpha value is -0.693. The van der Waals surface area contributed by atoms with Gasteiger partial charge >= 0.3 is 39.7 Å². The first-order valence-electron chi connectivity index (χ1n) is 9.06. The maximum atomic E-state index is 7.50. The molecule has 0 aliphatic heterocycles. The van der Waals surface area contributed by atoms with Crippen molar-refractivity contribution in [2.24, 2.45) is 0 Å². The molecule has 0 aromatic heterocycles. The molecule has 0 fully saturated rings. The molecular weight excluding hydrogens is 464 g/mol. The monoisotopic (exact) mass is 496 g/mol. The van der Waals surface area contributed by atoms with Crippen LogP contribution in [-0.4, -0.2) is 35.2 Å². The van der Waals surface area contributed by atoms with Crippen LogP contribution in [0.25, 0.3) is 0 Å². The van der Waals surface area contributed by atoms with Gasteiger partial charge in [-0.2, -0.15) is 26.2 Å². The molecular formula is C22H32FeO2Si4. The zero-order chi connectivity index (χ0) is 22.3. The van der Waals surface area contributed by atoms with E-state index in [1.807, 2.05) is 0 Å². The molecule has 0 aliphatic carbocycles. The summed E-state index contributed by atoms with van der Waals surface area (Å²) in [7, 11) is -1.04. The van der Waals surface area contributed by atoms with Crippen LogP contribution >= 0.6 is 0 Å². The molecule has 0 aliphatic rings. The van der Waals surface area contributed by atoms with Gasteiger partial charge in [0.25, 0.3) is 0 Å². The second-order valence-corrected chi connectivity index (χ2v) is 17.2. The first-order chi connectivity index (χ1) is 13.3. The Morgan fingerprint density at radius 1 is 0.586 bits per heavy atom. The van der Waals surface area contributed by atoms with E-state index in [0.29, 0.717) is 0 Å². The maximum Gasteiger partial charge on any atom is 2.00 e. The fourth-order valence-corrected chi connectivity index (χ4v) is 9.92. The summed E-state index contributed by atoms with van der Waals surface area (Å²) in [5.74, 6) is 0. The van der Waals surface area contributed by atoms with Gasteiger partial charge in [-0.15, -0.1) is 0 Å². The first-order valence-corrected chi connectivity index (χ1v) is 19.1. The Bertz CT molecular complexity index is 598. The minimum atomic E-state index is -0.261. The Kier molecular flexibility index (Phi) is 21.9. The second-order valence-electron chi connectivity index (χ2n) is 7.09. The number of rotatable bonds is 4. The van der Waals surface area contributed by atoms with Gasteiger partial charge in [0.15, 0.2) is 0 Å². The van der Waals surface area contributed by atoms with Crippen molar-refractivity contribution in [1.82, 2.24) is 0 Å². The van der Waals surface area contributed by atoms with Crippen LogP contribution in [-0.2, 0) is 26.4 Å². The van der Waals surface area contributed by atoms with Crippen molar-refractivity contribution in [1.29, 1.82) is 0 Å². The Morgan fingerprint density at radius 3 is 1.03 bits per heavy atom. The predicted molar refractivity (Wildman–Crippen MR) is 129 cm³/mol. The topological polar surface area (TPSA) is 39.8 Å². The van der Waals surface area contributed by atoms with E-state index in [1.54, 1.807) is 20.7 Å². The van der Waals surface area contributed by atoms with Crippen LogP contribution < -0.4 is 20.7 Å². The molecule has 0 saturated heterocycles. The normalized spacial score (nSPS) is 8.76. The number of hydrogen-bond acceptors (Lipinski definition) is 0. The van der Waals surface area contributed by atoms with Gasteiger partial charge in [-0.1, -0.05) is 85.1 Å². The fourth-order valence-electron chi connectivity index (χ4n) is 2.71. The molecule has 2 aromatic carbocycles. The molecule has 7 heteroatoms. The maximum absolute atomic E-state index is 7.50. The van der Waals surface area contributed by atoms with Crippen LogP contribution in [0.2, 0.25) is 52.4 Å². The first kappa shape index (κ1) is 33.0. The van der Waals surface area contributed by atoms with Crippen molar-refractivity contribution >= 4 is 55.9 Å². The average molecular weight is 497 g/mol. The van der Waals surface area contributed by atoms with Gasteiger partial charge in [-0.3, -0.25) is 17.6 Å². The van der Waals surface area contributed by atoms with Crippen LogP contribution in [0.5, 0.6) is 0 Å². The summed E-state index contributed by atoms with van der Waals surface area (Å²) in [6.07, 6.45) is 0. The van der Waals surface area contributed by atoms with E-state index in [1.165, 1.54) is 0 Å². The zero-order valence-electron chi connectivity index (χ0n) is 18.8. The third-order valence-corrected chi connectivity index (χ3v) is 10.6. The van der Waals surface area contributed by atoms with E-state index >= 15 is 0 Å². The summed E-state index contributed by atoms with van der Waals surface area (Å²) < 4.78 is 15.0. The molecule has 2 nitrogen and oxygen atoms in total. The van der Waals surface area contributed by atoms with Gasteiger partial charge in [0.2, 0.25) is 0 Å². The third-order valence-electron chi connectivity index (χ3n) is 4.01. The smallest absolute Gasteiger partial charge is 2.00 e. The van der Waals surface area contributed by atoms with Gasteiger partial charge in [0, 0.05) is 0 Å². The minimum Gasteiger partial charge on any atom is 2.00 e. The fraction of sp³-hybridized carbons (Fsp3) is 0.364. The van der Waals surface area contributed by atoms with Gasteiger partial charge in [-0.05, 0) is 0 Å². The molecule has 2 aromatic rings. The zero-order valence-corrected chi connectivity index (χ0v) is 23.9. The molecule has 0 unspecified atom stereocenters. The van der Waals surface area contributed by atoms with Gasteiger partial charge in [-0.25, -0.2) is 10.4 Å². The molecule has 0 saturated carbocycles. The van der Waals surface area contributed by atoms with Crippen LogP contribution in [0, 0.1) is 13.3 Å². The predicted octanol–water partition coefficient (Wildman–Crippen LogP) is 3.14. The minimum absolute atomic E-state index is 0. The summed E-state index contributed by atoms with van der Waals surface area (Å²) in [5.41, 5.74) is 0. The van der Waals surface area contributed by atoms with Crippen molar-refractivity contribution in [3.63, 3.8) is 0 Å². The van der Waals surface area contributed by atoms with E-state index < -0.39 is 0 Å². The molecule has 0 spiro atoms. The summed E-state index contributed by atoms with van der Waals surface area (Å²) in [5, 5.41) is 6.56. The summed E-state index contributed by atoms with van der Waals surface area (Å²) in [6, 6.07) is 17.9. The molecule has 156 valence electrons. The Labute approximate surface area is 195 Å². The van der Waals surface area contributed by atoms with Crippen molar-refractivity contribution in [2.75, 3.05) is 0 Å². The van der Waals surface area contributed by atoms with Crippen molar-refractivity contribution in [2.45, 2.75) is 52.4 Å². The summed E-state index contributed by atoms with van der Waals surface area (Å²) >= 11 is 0. The van der Waals surface area contributed by atoms with Gasteiger partial charge < -0.3 is 0 Å². The van der Waals surface area contributed by atoms with Crippen molar-refractivity contribution in [3.8, 4) is 0 Å². The van der Waals surface area contributed by atoms with Crippen LogP contribution in [0.15, 0.2) is 48.5 Å². The molecule has 0 bridgehead atoms. The van der Waals surface area contributed by atoms with E-state index in [-0.39, 0.29) is 52.3 Å². The second kappa shape index (κ2) is 19.3. The van der Waals surface area contributed by atoms with E-state index in [2.05, 4.69) is 114 Å². The van der Waals surface area contributed by atoms with E-state index in [0.717, 1.165) is 0 Å². The van der Waals surface area contributed by atoms with E-state index in [9.17, 15) is 0 Å². The Balaban J connectivity index is -0.000000386. The molecule has 2 rings (SSSR count). The standard InChI is InChI=1S/2C10H16Si2.2CO.Fe/c2*1-11(2)9-7-5-6-8-10(9)12(3)4;2*1-2;/h2*5-8H,1-4H3;;;/q;-2;;;+2. The summed E-state index contributed by atoms with van der Waals surface area (Å²) in [6.45, 7) is 28.0. The van der Waals surface area contributed by atoms with Gasteiger partial charge in [0.1, 0.15) is 0 Å². The SMILES string of the molecule is C[Si-](C)c1ccccc1[Si-](C)C.C[Si](C)c1ccccc1[Si](C)C.[C-]#[O+].[C-]#[O+].[Fe+2]. The quantitative estimate of drug-likeness (QED) is 0.355. The van der Waals surface area contributed by atoms with Crippen molar-refractivity contribution < 1.29 is 26.4 Å². The number of hydrogen-bond donors (Lipinski definition) is 0. The molecule has 0 atom stereocenters. The Morgan fingerprint density at radius 2 is 0.828 bits per heavy atom. The van der Waals surface area contributed by atoms with E-state index in [4.69, 9.17) is 9.30 Å². The molecule has 0 N–H and O–H groups in total. The molecule has 2 radical (unpaired) electrons. The van der Waals surface area contributed by atoms with Crippen LogP contribution in [0.4, 0.5) is 0 Å². The number of benzene rings is 2. The van der Waals surface area contributed by atoms with Gasteiger partial charge in [0.05, 0.1) is 17.6 Å². The summed E-state index contributed by atoms with van der Waals surface area (Å²) in [4.78, 5) is 0. The molecule has 29 heavy (non-hydrogen) atoms.